The van der Waals surface area contributed by atoms with Crippen LogP contribution in [-0.4, -0.2) is 70.6 Å². The fourth-order valence-corrected chi connectivity index (χ4v) is 4.50. The number of nitrogens with zero attached hydrogens (tertiary/aromatic N) is 4. The van der Waals surface area contributed by atoms with Crippen LogP contribution in [0.4, 0.5) is 0 Å². The number of pyridine rings is 1. The first-order chi connectivity index (χ1) is 12.2. The van der Waals surface area contributed by atoms with E-state index in [0.717, 1.165) is 50.0 Å². The summed E-state index contributed by atoms with van der Waals surface area (Å²) >= 11 is 1.47. The van der Waals surface area contributed by atoms with E-state index >= 15 is 0 Å². The number of rotatable bonds is 3. The summed E-state index contributed by atoms with van der Waals surface area (Å²) in [6.07, 6.45) is 2.76. The van der Waals surface area contributed by atoms with E-state index in [1.165, 1.54) is 11.3 Å². The molecule has 0 unspecified atom stereocenters. The average Bonchev–Trinajstić information content (AvgIpc) is 3.30. The summed E-state index contributed by atoms with van der Waals surface area (Å²) in [5.74, 6) is 0.0293. The van der Waals surface area contributed by atoms with Crippen molar-refractivity contribution in [1.29, 1.82) is 0 Å². The van der Waals surface area contributed by atoms with Crippen LogP contribution < -0.4 is 0 Å². The Labute approximate surface area is 151 Å². The topological polar surface area (TPSA) is 58.6 Å². The Morgan fingerprint density at radius 2 is 2.12 bits per heavy atom. The number of thiazole rings is 1. The van der Waals surface area contributed by atoms with Gasteiger partial charge >= 0.3 is 0 Å². The smallest absolute Gasteiger partial charge is 0.273 e. The second kappa shape index (κ2) is 7.19. The van der Waals surface area contributed by atoms with Gasteiger partial charge in [0.05, 0.1) is 18.9 Å². The summed E-state index contributed by atoms with van der Waals surface area (Å²) in [6, 6.07) is 6.34. The van der Waals surface area contributed by atoms with Gasteiger partial charge in [-0.25, -0.2) is 4.98 Å². The van der Waals surface area contributed by atoms with Gasteiger partial charge in [-0.2, -0.15) is 0 Å². The molecule has 0 N–H and O–H groups in total. The number of aromatic nitrogens is 2. The van der Waals surface area contributed by atoms with E-state index in [0.29, 0.717) is 11.7 Å². The first-order valence-electron chi connectivity index (χ1n) is 8.74. The number of carbonyl (C=O) groups is 1. The zero-order valence-electron chi connectivity index (χ0n) is 14.3. The first-order valence-corrected chi connectivity index (χ1v) is 9.61. The van der Waals surface area contributed by atoms with Crippen molar-refractivity contribution in [3.8, 4) is 10.7 Å². The van der Waals surface area contributed by atoms with Crippen LogP contribution in [0.5, 0.6) is 0 Å². The van der Waals surface area contributed by atoms with Crippen molar-refractivity contribution < 1.29 is 9.53 Å². The lowest BCUT2D eigenvalue weighted by molar-refractivity contribution is 0.0104. The monoisotopic (exact) mass is 358 g/mol. The number of carbonyl (C=O) groups excluding carboxylic acids is 1. The van der Waals surface area contributed by atoms with Crippen molar-refractivity contribution in [3.63, 3.8) is 0 Å². The van der Waals surface area contributed by atoms with Gasteiger partial charge in [-0.15, -0.1) is 11.3 Å². The number of ether oxygens (including phenoxy) is 1. The molecule has 2 aromatic rings. The summed E-state index contributed by atoms with van der Waals surface area (Å²) in [6.45, 7) is 6.43. The van der Waals surface area contributed by atoms with Crippen LogP contribution in [0.3, 0.4) is 0 Å². The van der Waals surface area contributed by atoms with Gasteiger partial charge in [-0.1, -0.05) is 6.07 Å². The van der Waals surface area contributed by atoms with Crippen LogP contribution in [0.1, 0.15) is 23.8 Å². The summed E-state index contributed by atoms with van der Waals surface area (Å²) in [4.78, 5) is 26.2. The molecule has 0 bridgehead atoms. The van der Waals surface area contributed by atoms with E-state index in [-0.39, 0.29) is 11.9 Å². The molecule has 0 saturated carbocycles. The SMILES string of the molecule is C[C@@H]1[C@H](N2CCOCC2)CCN1C(=O)c1csc(-c2ccccn2)n1. The zero-order chi connectivity index (χ0) is 17.2. The minimum atomic E-state index is 0.0293. The third-order valence-electron chi connectivity index (χ3n) is 5.10. The Hall–Kier alpha value is -1.83. The molecule has 0 aliphatic carbocycles. The quantitative estimate of drug-likeness (QED) is 0.841. The molecule has 2 aliphatic rings. The molecular weight excluding hydrogens is 336 g/mol. The average molecular weight is 358 g/mol. The number of hydrogen-bond acceptors (Lipinski definition) is 6. The molecule has 2 atom stereocenters. The van der Waals surface area contributed by atoms with E-state index in [9.17, 15) is 4.79 Å². The van der Waals surface area contributed by atoms with Gasteiger partial charge in [0.25, 0.3) is 5.91 Å². The molecule has 0 aromatic carbocycles. The van der Waals surface area contributed by atoms with Crippen LogP contribution in [0.15, 0.2) is 29.8 Å². The highest BCUT2D eigenvalue weighted by Crippen LogP contribution is 2.27. The van der Waals surface area contributed by atoms with E-state index in [1.807, 2.05) is 28.5 Å². The van der Waals surface area contributed by atoms with Crippen molar-refractivity contribution in [1.82, 2.24) is 19.8 Å². The van der Waals surface area contributed by atoms with Crippen LogP contribution in [-0.2, 0) is 4.74 Å². The van der Waals surface area contributed by atoms with Gasteiger partial charge in [-0.05, 0) is 25.5 Å². The van der Waals surface area contributed by atoms with Gasteiger partial charge in [0.1, 0.15) is 10.7 Å². The van der Waals surface area contributed by atoms with E-state index < -0.39 is 0 Å². The maximum atomic E-state index is 12.9. The molecular formula is C18H22N4O2S. The fraction of sp³-hybridized carbons (Fsp3) is 0.500. The van der Waals surface area contributed by atoms with Crippen molar-refractivity contribution in [2.75, 3.05) is 32.8 Å². The molecule has 2 saturated heterocycles. The normalized spacial score (nSPS) is 24.6. The lowest BCUT2D eigenvalue weighted by Gasteiger charge is -2.35. The molecule has 0 spiro atoms. The second-order valence-electron chi connectivity index (χ2n) is 6.50. The van der Waals surface area contributed by atoms with Gasteiger partial charge in [-0.3, -0.25) is 14.7 Å². The van der Waals surface area contributed by atoms with Gasteiger partial charge in [0, 0.05) is 43.3 Å². The van der Waals surface area contributed by atoms with Crippen molar-refractivity contribution in [3.05, 3.63) is 35.5 Å². The summed E-state index contributed by atoms with van der Waals surface area (Å²) in [5, 5.41) is 2.64. The van der Waals surface area contributed by atoms with Gasteiger partial charge < -0.3 is 9.64 Å². The highest BCUT2D eigenvalue weighted by atomic mass is 32.1. The molecule has 1 amide bonds. The fourth-order valence-electron chi connectivity index (χ4n) is 3.73. The van der Waals surface area contributed by atoms with E-state index in [2.05, 4.69) is 21.8 Å². The Balaban J connectivity index is 1.47. The van der Waals surface area contributed by atoms with Crippen LogP contribution in [0.2, 0.25) is 0 Å². The van der Waals surface area contributed by atoms with Crippen molar-refractivity contribution in [2.24, 2.45) is 0 Å². The molecule has 2 aliphatic heterocycles. The number of amides is 1. The Bertz CT molecular complexity index is 730. The van der Waals surface area contributed by atoms with Crippen molar-refractivity contribution in [2.45, 2.75) is 25.4 Å². The molecule has 132 valence electrons. The molecule has 0 radical (unpaired) electrons. The lowest BCUT2D eigenvalue weighted by Crippen LogP contribution is -2.49. The molecule has 2 aromatic heterocycles. The van der Waals surface area contributed by atoms with Gasteiger partial charge in [0.15, 0.2) is 0 Å². The van der Waals surface area contributed by atoms with Gasteiger partial charge in [0.2, 0.25) is 0 Å². The summed E-state index contributed by atoms with van der Waals surface area (Å²) in [7, 11) is 0. The van der Waals surface area contributed by atoms with Crippen LogP contribution in [0.25, 0.3) is 10.7 Å². The first kappa shape index (κ1) is 16.6. The molecule has 6 nitrogen and oxygen atoms in total. The molecule has 4 heterocycles. The summed E-state index contributed by atoms with van der Waals surface area (Å²) in [5.41, 5.74) is 1.34. The Kier molecular flexibility index (Phi) is 4.78. The number of morpholine rings is 1. The predicted octanol–water partition coefficient (Wildman–Crippen LogP) is 2.14. The van der Waals surface area contributed by atoms with E-state index in [4.69, 9.17) is 4.74 Å². The Morgan fingerprint density at radius 1 is 1.28 bits per heavy atom. The minimum absolute atomic E-state index is 0.0293. The number of likely N-dealkylation sites (tertiary alicyclic amines) is 1. The number of hydrogen-bond donors (Lipinski definition) is 0. The molecule has 25 heavy (non-hydrogen) atoms. The van der Waals surface area contributed by atoms with Crippen LogP contribution in [0, 0.1) is 0 Å². The maximum Gasteiger partial charge on any atom is 0.273 e. The summed E-state index contributed by atoms with van der Waals surface area (Å²) < 4.78 is 5.45. The van der Waals surface area contributed by atoms with E-state index in [1.54, 1.807) is 6.20 Å². The highest BCUT2D eigenvalue weighted by Gasteiger charge is 2.38. The standard InChI is InChI=1S/C18H22N4O2S/c1-13-16(21-8-10-24-11-9-21)5-7-22(13)18(23)15-12-25-17(20-15)14-4-2-3-6-19-14/h2-4,6,12-13,16H,5,7-11H2,1H3/t13-,16-/m1/s1. The third-order valence-corrected chi connectivity index (χ3v) is 5.96. The molecule has 7 heteroatoms. The predicted molar refractivity (Wildman–Crippen MR) is 96.6 cm³/mol. The molecule has 2 fully saturated rings. The zero-order valence-corrected chi connectivity index (χ0v) is 15.1. The Morgan fingerprint density at radius 3 is 2.88 bits per heavy atom. The minimum Gasteiger partial charge on any atom is -0.379 e. The molecule has 4 rings (SSSR count). The lowest BCUT2D eigenvalue weighted by atomic mass is 10.1. The largest absolute Gasteiger partial charge is 0.379 e. The maximum absolute atomic E-state index is 12.9. The second-order valence-corrected chi connectivity index (χ2v) is 7.35. The van der Waals surface area contributed by atoms with Crippen LogP contribution >= 0.6 is 11.3 Å². The highest BCUT2D eigenvalue weighted by molar-refractivity contribution is 7.13. The van der Waals surface area contributed by atoms with Crippen molar-refractivity contribution >= 4 is 17.2 Å². The third kappa shape index (κ3) is 3.31.